The summed E-state index contributed by atoms with van der Waals surface area (Å²) >= 11 is 6.62. The predicted octanol–water partition coefficient (Wildman–Crippen LogP) is 3.92. The van der Waals surface area contributed by atoms with Crippen LogP contribution in [0.25, 0.3) is 11.0 Å². The second-order valence-corrected chi connectivity index (χ2v) is 12.4. The molecule has 1 fully saturated rings. The summed E-state index contributed by atoms with van der Waals surface area (Å²) in [6.07, 6.45) is -0.321. The van der Waals surface area contributed by atoms with Crippen molar-refractivity contribution < 1.29 is 40.1 Å². The molecule has 2 N–H and O–H groups in total. The van der Waals surface area contributed by atoms with Crippen LogP contribution >= 0.6 is 19.2 Å². The highest BCUT2D eigenvalue weighted by Gasteiger charge is 2.56. The number of esters is 1. The molecule has 0 radical (unpaired) electrons. The van der Waals surface area contributed by atoms with Crippen LogP contribution in [0.4, 0.5) is 4.39 Å². The minimum Gasteiger partial charge on any atom is -0.463 e. The molecule has 2 aromatic heterocycles. The summed E-state index contributed by atoms with van der Waals surface area (Å²) in [6.45, 7) is 3.00. The Kier molecular flexibility index (Phi) is 8.15. The first-order valence-corrected chi connectivity index (χ1v) is 14.6. The van der Waals surface area contributed by atoms with Crippen LogP contribution in [-0.4, -0.2) is 61.5 Å². The number of aliphatic hydroxyl groups is 1. The number of ether oxygens (including phenoxy) is 2. The molecule has 0 bridgehead atoms. The van der Waals surface area contributed by atoms with E-state index in [0.717, 1.165) is 10.8 Å². The maximum atomic E-state index is 14.8. The molecule has 0 saturated carbocycles. The van der Waals surface area contributed by atoms with E-state index in [4.69, 9.17) is 39.3 Å². The van der Waals surface area contributed by atoms with Crippen molar-refractivity contribution >= 4 is 36.2 Å². The van der Waals surface area contributed by atoms with Gasteiger partial charge in [-0.05, 0) is 32.9 Å². The Bertz CT molecular complexity index is 1660. The highest BCUT2D eigenvalue weighted by Crippen LogP contribution is 2.52. The van der Waals surface area contributed by atoms with Crippen LogP contribution in [0.15, 0.2) is 41.3 Å². The molecular formula is C27H30ClFN3O8P. The fourth-order valence-electron chi connectivity index (χ4n) is 4.22. The Balaban J connectivity index is 1.71. The number of hydrogen-bond donors (Lipinski definition) is 2. The van der Waals surface area contributed by atoms with Crippen LogP contribution in [-0.2, 0) is 23.4 Å². The molecule has 3 heterocycles. The summed E-state index contributed by atoms with van der Waals surface area (Å²) in [5.74, 6) is -0.448. The number of halogens is 2. The van der Waals surface area contributed by atoms with Gasteiger partial charge in [-0.1, -0.05) is 42.6 Å². The zero-order chi connectivity index (χ0) is 31.9. The number of hydrogen-bond acceptors (Lipinski definition) is 9. The molecule has 1 aliphatic heterocycles. The third kappa shape index (κ3) is 6.35. The van der Waals surface area contributed by atoms with Crippen LogP contribution in [0.5, 0.6) is 5.75 Å². The number of fused-ring (bicyclic) bond motifs is 1. The summed E-state index contributed by atoms with van der Waals surface area (Å²) in [7, 11) is -4.57. The van der Waals surface area contributed by atoms with Gasteiger partial charge in [0.15, 0.2) is 22.6 Å². The molecule has 0 spiro atoms. The van der Waals surface area contributed by atoms with Gasteiger partial charge in [0.2, 0.25) is 0 Å². The first-order valence-electron chi connectivity index (χ1n) is 13.5. The fraction of sp³-hybridized carbons (Fsp3) is 0.444. The van der Waals surface area contributed by atoms with Crippen molar-refractivity contribution in [1.82, 2.24) is 14.5 Å². The van der Waals surface area contributed by atoms with E-state index < -0.39 is 78.4 Å². The second kappa shape index (κ2) is 12.0. The molecule has 220 valence electrons. The number of alkyl halides is 1. The number of nitrogens with zero attached hydrogens (tertiary/aromatic N) is 2. The first-order chi connectivity index (χ1) is 20.0. The lowest BCUT2D eigenvalue weighted by atomic mass is 9.99. The standard InChI is InChI=1S/C27H30ClFN3O8P/c1-6-27(28)22(33)20(39-26(27)32-12-19(29)21-23(32)30-17(5)31-24(21)34)13-37-41(36,40-18-10-8-7-9-11-18)14-16(4)25(35)38-15(2)3/h1,7-12,15-16,20,22,26,33H,13-14H2,2-5H3,(H,30,31,34)/t16-,20-,22+,26-,27?,41+/m1/s1/i13D2. The fourth-order valence-corrected chi connectivity index (χ4v) is 6.21. The zero-order valence-corrected chi connectivity index (χ0v) is 24.2. The van der Waals surface area contributed by atoms with E-state index in [-0.39, 0.29) is 17.2 Å². The summed E-state index contributed by atoms with van der Waals surface area (Å²) in [5.41, 5.74) is -1.02. The van der Waals surface area contributed by atoms with Gasteiger partial charge in [0, 0.05) is 6.20 Å². The summed E-state index contributed by atoms with van der Waals surface area (Å²) in [5, 5.41) is 10.8. The molecule has 11 nitrogen and oxygen atoms in total. The Morgan fingerprint density at radius 2 is 2.10 bits per heavy atom. The molecule has 14 heteroatoms. The van der Waals surface area contributed by atoms with E-state index in [1.807, 2.05) is 0 Å². The van der Waals surface area contributed by atoms with Crippen molar-refractivity contribution in [2.24, 2.45) is 5.92 Å². The number of aliphatic hydroxyl groups excluding tert-OH is 1. The summed E-state index contributed by atoms with van der Waals surface area (Å²) in [4.78, 5) is 29.2. The van der Waals surface area contributed by atoms with Gasteiger partial charge in [-0.15, -0.1) is 6.42 Å². The molecule has 4 rings (SSSR count). The number of rotatable bonds is 10. The molecule has 6 atom stereocenters. The van der Waals surface area contributed by atoms with Gasteiger partial charge < -0.3 is 24.1 Å². The number of para-hydroxylation sites is 1. The van der Waals surface area contributed by atoms with E-state index in [9.17, 15) is 23.7 Å². The van der Waals surface area contributed by atoms with E-state index >= 15 is 0 Å². The molecule has 3 aromatic rings. The van der Waals surface area contributed by atoms with Crippen molar-refractivity contribution in [3.05, 3.63) is 58.5 Å². The molecule has 0 amide bonds. The van der Waals surface area contributed by atoms with E-state index in [1.165, 1.54) is 26.0 Å². The van der Waals surface area contributed by atoms with Gasteiger partial charge in [-0.25, -0.2) is 13.9 Å². The Morgan fingerprint density at radius 1 is 1.41 bits per heavy atom. The van der Waals surface area contributed by atoms with Gasteiger partial charge in [0.1, 0.15) is 29.2 Å². The highest BCUT2D eigenvalue weighted by molar-refractivity contribution is 7.54. The number of aryl methyl sites for hydroxylation is 1. The van der Waals surface area contributed by atoms with E-state index in [2.05, 4.69) is 15.9 Å². The second-order valence-electron chi connectivity index (χ2n) is 9.79. The third-order valence-electron chi connectivity index (χ3n) is 6.13. The maximum absolute atomic E-state index is 14.8. The monoisotopic (exact) mass is 611 g/mol. The number of nitrogens with one attached hydrogen (secondary N) is 1. The first kappa shape index (κ1) is 27.9. The Morgan fingerprint density at radius 3 is 2.73 bits per heavy atom. The average Bonchev–Trinajstić information content (AvgIpc) is 3.37. The van der Waals surface area contributed by atoms with E-state index in [1.54, 1.807) is 32.0 Å². The lowest BCUT2D eigenvalue weighted by Gasteiger charge is -2.26. The number of terminal acetylenes is 1. The quantitative estimate of drug-likeness (QED) is 0.151. The number of benzene rings is 1. The van der Waals surface area contributed by atoms with Crippen molar-refractivity contribution in [2.45, 2.75) is 57.1 Å². The predicted molar refractivity (Wildman–Crippen MR) is 148 cm³/mol. The molecule has 1 unspecified atom stereocenters. The van der Waals surface area contributed by atoms with Crippen LogP contribution < -0.4 is 10.1 Å². The van der Waals surface area contributed by atoms with Crippen LogP contribution in [0.3, 0.4) is 0 Å². The number of aromatic nitrogens is 3. The molecule has 1 aromatic carbocycles. The minimum atomic E-state index is -4.57. The van der Waals surface area contributed by atoms with Crippen molar-refractivity contribution in [2.75, 3.05) is 12.7 Å². The molecule has 1 saturated heterocycles. The smallest absolute Gasteiger partial charge is 0.380 e. The van der Waals surface area contributed by atoms with Crippen molar-refractivity contribution in [3.63, 3.8) is 0 Å². The molecule has 0 aliphatic carbocycles. The average molecular weight is 612 g/mol. The normalized spacial score (nSPS) is 25.7. The molecule has 1 aliphatic rings. The number of H-pyrrole nitrogens is 1. The van der Waals surface area contributed by atoms with Crippen LogP contribution in [0, 0.1) is 31.0 Å². The largest absolute Gasteiger partial charge is 0.463 e. The Labute approximate surface area is 243 Å². The maximum Gasteiger partial charge on any atom is 0.380 e. The lowest BCUT2D eigenvalue weighted by Crippen LogP contribution is -2.41. The van der Waals surface area contributed by atoms with Gasteiger partial charge in [0.05, 0.1) is 27.5 Å². The van der Waals surface area contributed by atoms with Gasteiger partial charge in [0.25, 0.3) is 5.56 Å². The van der Waals surface area contributed by atoms with E-state index in [0.29, 0.717) is 0 Å². The van der Waals surface area contributed by atoms with Gasteiger partial charge in [-0.2, -0.15) is 0 Å². The molecular weight excluding hydrogens is 580 g/mol. The third-order valence-corrected chi connectivity index (χ3v) is 8.51. The topological polar surface area (TPSA) is 142 Å². The number of aromatic amines is 1. The summed E-state index contributed by atoms with van der Waals surface area (Å²) in [6, 6.07) is 7.72. The highest BCUT2D eigenvalue weighted by atomic mass is 35.5. The van der Waals surface area contributed by atoms with Gasteiger partial charge in [-0.3, -0.25) is 18.7 Å². The Hall–Kier alpha value is -3.20. The van der Waals surface area contributed by atoms with Crippen molar-refractivity contribution in [1.29, 1.82) is 0 Å². The number of carbonyl (C=O) groups excluding carboxylic acids is 1. The van der Waals surface area contributed by atoms with Crippen LogP contribution in [0.1, 0.15) is 35.6 Å². The van der Waals surface area contributed by atoms with Crippen LogP contribution in [0.2, 0.25) is 0 Å². The number of carbonyl (C=O) groups is 1. The lowest BCUT2D eigenvalue weighted by molar-refractivity contribution is -0.151. The van der Waals surface area contributed by atoms with Gasteiger partial charge >= 0.3 is 13.6 Å². The minimum absolute atomic E-state index is 0.0492. The SMILES string of the molecule is [2H]C([2H])(O[P@@](=O)(C[C@@H](C)C(=O)OC(C)C)Oc1ccccc1)[C@H]1O[C@@H](n2cc(F)c3c(=O)[nH]c(C)nc32)C(Cl)(C#C)[C@H]1O. The zero-order valence-electron chi connectivity index (χ0n) is 24.5. The summed E-state index contributed by atoms with van der Waals surface area (Å²) < 4.78 is 69.3. The van der Waals surface area contributed by atoms with Crippen molar-refractivity contribution in [3.8, 4) is 18.1 Å². The molecule has 41 heavy (non-hydrogen) atoms.